The Balaban J connectivity index is 3.83. The number of hydrogen-bond donors (Lipinski definition) is 0. The van der Waals surface area contributed by atoms with Crippen molar-refractivity contribution in [1.82, 2.24) is 4.90 Å². The molecule has 0 bridgehead atoms. The Morgan fingerprint density at radius 1 is 1.67 bits per heavy atom. The largest absolute Gasteiger partial charge is 0.344 e. The van der Waals surface area contributed by atoms with E-state index in [1.807, 2.05) is 18.7 Å². The highest BCUT2D eigenvalue weighted by Crippen LogP contribution is 1.94. The standard InChI is InChI=1S/C6H15NOSi/c1-5(2)7(4-9)6(3)8/h5H,4H2,1-3,9H3. The molecule has 0 aliphatic heterocycles. The second-order valence-electron chi connectivity index (χ2n) is 2.40. The highest BCUT2D eigenvalue weighted by atomic mass is 28.1. The van der Waals surface area contributed by atoms with Gasteiger partial charge < -0.3 is 4.90 Å². The van der Waals surface area contributed by atoms with E-state index in [-0.39, 0.29) is 5.91 Å². The first-order valence-electron chi connectivity index (χ1n) is 3.36. The van der Waals surface area contributed by atoms with Gasteiger partial charge in [0.2, 0.25) is 5.91 Å². The first-order chi connectivity index (χ1) is 4.09. The number of carbonyl (C=O) groups excluding carboxylic acids is 1. The molecule has 2 nitrogen and oxygen atoms in total. The van der Waals surface area contributed by atoms with Gasteiger partial charge >= 0.3 is 0 Å². The maximum Gasteiger partial charge on any atom is 0.219 e. The summed E-state index contributed by atoms with van der Waals surface area (Å²) in [5.41, 5.74) is 0. The van der Waals surface area contributed by atoms with Gasteiger partial charge in [-0.1, -0.05) is 0 Å². The summed E-state index contributed by atoms with van der Waals surface area (Å²) in [5.74, 6) is 0.194. The lowest BCUT2D eigenvalue weighted by Crippen LogP contribution is -2.35. The monoisotopic (exact) mass is 145 g/mol. The third-order valence-electron chi connectivity index (χ3n) is 1.37. The molecule has 54 valence electrons. The van der Waals surface area contributed by atoms with Crippen LogP contribution >= 0.6 is 0 Å². The van der Waals surface area contributed by atoms with E-state index in [1.54, 1.807) is 6.92 Å². The summed E-state index contributed by atoms with van der Waals surface area (Å²) >= 11 is 0. The summed E-state index contributed by atoms with van der Waals surface area (Å²) < 4.78 is 0. The van der Waals surface area contributed by atoms with Crippen LogP contribution in [0.1, 0.15) is 20.8 Å². The Kier molecular flexibility index (Phi) is 3.54. The number of amides is 1. The maximum atomic E-state index is 10.8. The Morgan fingerprint density at radius 3 is 2.11 bits per heavy atom. The fourth-order valence-corrected chi connectivity index (χ4v) is 2.13. The van der Waals surface area contributed by atoms with Crippen LogP contribution in [-0.2, 0) is 4.79 Å². The molecule has 0 unspecified atom stereocenters. The molecule has 0 aliphatic rings. The van der Waals surface area contributed by atoms with Gasteiger partial charge in [-0.15, -0.1) is 0 Å². The van der Waals surface area contributed by atoms with Crippen molar-refractivity contribution in [3.8, 4) is 0 Å². The maximum absolute atomic E-state index is 10.8. The SMILES string of the molecule is CC(=O)N(C[SiH3])C(C)C. The summed E-state index contributed by atoms with van der Waals surface area (Å²) in [6.07, 6.45) is 0.951. The van der Waals surface area contributed by atoms with Gasteiger partial charge in [-0.25, -0.2) is 0 Å². The predicted octanol–water partition coefficient (Wildman–Crippen LogP) is -0.434. The third-order valence-corrected chi connectivity index (χ3v) is 2.05. The van der Waals surface area contributed by atoms with E-state index in [0.29, 0.717) is 6.04 Å². The van der Waals surface area contributed by atoms with Gasteiger partial charge in [0.05, 0.1) is 0 Å². The van der Waals surface area contributed by atoms with Gasteiger partial charge in [0.1, 0.15) is 0 Å². The summed E-state index contributed by atoms with van der Waals surface area (Å²) in [5, 5.41) is 0. The summed E-state index contributed by atoms with van der Waals surface area (Å²) in [4.78, 5) is 12.6. The molecule has 0 atom stereocenters. The summed E-state index contributed by atoms with van der Waals surface area (Å²) in [7, 11) is 1.07. The highest BCUT2D eigenvalue weighted by Gasteiger charge is 2.07. The molecule has 0 aromatic carbocycles. The van der Waals surface area contributed by atoms with Crippen molar-refractivity contribution in [1.29, 1.82) is 0 Å². The molecule has 0 saturated carbocycles. The van der Waals surface area contributed by atoms with Crippen LogP contribution in [-0.4, -0.2) is 33.3 Å². The van der Waals surface area contributed by atoms with E-state index in [9.17, 15) is 4.79 Å². The quantitative estimate of drug-likeness (QED) is 0.483. The first-order valence-corrected chi connectivity index (χ1v) is 4.78. The van der Waals surface area contributed by atoms with Crippen molar-refractivity contribution in [2.75, 3.05) is 6.17 Å². The molecule has 0 N–H and O–H groups in total. The number of nitrogens with zero attached hydrogens (tertiary/aromatic N) is 1. The van der Waals surface area contributed by atoms with E-state index in [2.05, 4.69) is 0 Å². The molecule has 0 rings (SSSR count). The lowest BCUT2D eigenvalue weighted by molar-refractivity contribution is -0.129. The minimum atomic E-state index is 0.194. The van der Waals surface area contributed by atoms with Crippen molar-refractivity contribution < 1.29 is 4.79 Å². The van der Waals surface area contributed by atoms with E-state index in [0.717, 1.165) is 16.4 Å². The van der Waals surface area contributed by atoms with E-state index in [4.69, 9.17) is 0 Å². The van der Waals surface area contributed by atoms with Crippen LogP contribution in [0.5, 0.6) is 0 Å². The zero-order chi connectivity index (χ0) is 7.44. The number of hydrogen-bond acceptors (Lipinski definition) is 1. The molecule has 0 radical (unpaired) electrons. The molecule has 0 saturated heterocycles. The van der Waals surface area contributed by atoms with Crippen molar-refractivity contribution in [3.63, 3.8) is 0 Å². The molecule has 0 spiro atoms. The normalized spacial score (nSPS) is 10.2. The van der Waals surface area contributed by atoms with Crippen LogP contribution in [0.25, 0.3) is 0 Å². The zero-order valence-electron chi connectivity index (χ0n) is 6.64. The second-order valence-corrected chi connectivity index (χ2v) is 3.03. The molecule has 1 amide bonds. The Hall–Kier alpha value is -0.313. The molecule has 0 aliphatic carbocycles. The molecular formula is C6H15NOSi. The molecule has 0 heterocycles. The Morgan fingerprint density at radius 2 is 2.11 bits per heavy atom. The average molecular weight is 145 g/mol. The predicted molar refractivity (Wildman–Crippen MR) is 42.5 cm³/mol. The first kappa shape index (κ1) is 8.69. The molecule has 9 heavy (non-hydrogen) atoms. The smallest absolute Gasteiger partial charge is 0.219 e. The highest BCUT2D eigenvalue weighted by molar-refractivity contribution is 6.09. The molecule has 0 fully saturated rings. The fraction of sp³-hybridized carbons (Fsp3) is 0.833. The van der Waals surface area contributed by atoms with Gasteiger partial charge in [0.25, 0.3) is 0 Å². The van der Waals surface area contributed by atoms with E-state index >= 15 is 0 Å². The van der Waals surface area contributed by atoms with Crippen LogP contribution in [0, 0.1) is 0 Å². The topological polar surface area (TPSA) is 20.3 Å². The second kappa shape index (κ2) is 3.66. The van der Waals surface area contributed by atoms with Gasteiger partial charge in [0, 0.05) is 29.4 Å². The van der Waals surface area contributed by atoms with Crippen molar-refractivity contribution in [2.24, 2.45) is 0 Å². The lowest BCUT2D eigenvalue weighted by atomic mass is 10.3. The van der Waals surface area contributed by atoms with Crippen LogP contribution < -0.4 is 0 Å². The van der Waals surface area contributed by atoms with Crippen LogP contribution in [0.15, 0.2) is 0 Å². The van der Waals surface area contributed by atoms with Crippen LogP contribution in [0.2, 0.25) is 0 Å². The minimum absolute atomic E-state index is 0.194. The molecule has 0 aromatic heterocycles. The van der Waals surface area contributed by atoms with Gasteiger partial charge in [-0.3, -0.25) is 4.79 Å². The Bertz CT molecular complexity index is 103. The van der Waals surface area contributed by atoms with Crippen molar-refractivity contribution in [2.45, 2.75) is 26.8 Å². The number of carbonyl (C=O) groups is 1. The molecule has 3 heteroatoms. The zero-order valence-corrected chi connectivity index (χ0v) is 8.64. The summed E-state index contributed by atoms with van der Waals surface area (Å²) in [6, 6.07) is 0.375. The van der Waals surface area contributed by atoms with Crippen molar-refractivity contribution in [3.05, 3.63) is 0 Å². The molecule has 0 aromatic rings. The minimum Gasteiger partial charge on any atom is -0.344 e. The summed E-state index contributed by atoms with van der Waals surface area (Å²) in [6.45, 7) is 5.70. The van der Waals surface area contributed by atoms with Gasteiger partial charge in [-0.2, -0.15) is 0 Å². The Labute approximate surface area is 59.7 Å². The van der Waals surface area contributed by atoms with Crippen LogP contribution in [0.3, 0.4) is 0 Å². The van der Waals surface area contributed by atoms with E-state index in [1.165, 1.54) is 0 Å². The van der Waals surface area contributed by atoms with Crippen LogP contribution in [0.4, 0.5) is 0 Å². The fourth-order valence-electron chi connectivity index (χ4n) is 0.951. The average Bonchev–Trinajstić information content (AvgIpc) is 1.64. The van der Waals surface area contributed by atoms with E-state index < -0.39 is 0 Å². The molecular weight excluding hydrogens is 130 g/mol. The number of rotatable bonds is 2. The van der Waals surface area contributed by atoms with Gasteiger partial charge in [-0.05, 0) is 13.8 Å². The third kappa shape index (κ3) is 2.65. The lowest BCUT2D eigenvalue weighted by Gasteiger charge is -2.23. The van der Waals surface area contributed by atoms with Gasteiger partial charge in [0.15, 0.2) is 0 Å². The van der Waals surface area contributed by atoms with Crippen molar-refractivity contribution >= 4 is 16.1 Å².